The number of aliphatic hydroxyl groups excluding tert-OH is 1. The van der Waals surface area contributed by atoms with Crippen molar-refractivity contribution in [3.8, 4) is 5.75 Å². The monoisotopic (exact) mass is 295 g/mol. The van der Waals surface area contributed by atoms with Crippen LogP contribution in [-0.4, -0.2) is 63.4 Å². The summed E-state index contributed by atoms with van der Waals surface area (Å²) in [6.45, 7) is 9.98. The van der Waals surface area contributed by atoms with Crippen LogP contribution in [0.3, 0.4) is 0 Å². The zero-order chi connectivity index (χ0) is 15.4. The quantitative estimate of drug-likeness (QED) is 0.805. The second-order valence-electron chi connectivity index (χ2n) is 5.73. The van der Waals surface area contributed by atoms with E-state index in [0.717, 1.165) is 38.4 Å². The predicted molar refractivity (Wildman–Crippen MR) is 81.4 cm³/mol. The number of aliphatic hydroxyl groups is 1. The number of aromatic hydroxyl groups is 1. The normalized spacial score (nSPS) is 18.8. The molecular weight excluding hydrogens is 270 g/mol. The molecule has 0 aromatic carbocycles. The van der Waals surface area contributed by atoms with Crippen molar-refractivity contribution in [1.29, 1.82) is 0 Å². The summed E-state index contributed by atoms with van der Waals surface area (Å²) < 4.78 is 1.77. The number of hydrogen-bond acceptors (Lipinski definition) is 5. The highest BCUT2D eigenvalue weighted by Gasteiger charge is 2.17. The van der Waals surface area contributed by atoms with E-state index in [9.17, 15) is 15.0 Å². The highest BCUT2D eigenvalue weighted by Crippen LogP contribution is 2.11. The van der Waals surface area contributed by atoms with Crippen LogP contribution in [0, 0.1) is 0 Å². The third kappa shape index (κ3) is 4.30. The molecule has 21 heavy (non-hydrogen) atoms. The van der Waals surface area contributed by atoms with E-state index >= 15 is 0 Å². The Balaban J connectivity index is 2.11. The van der Waals surface area contributed by atoms with E-state index in [0.29, 0.717) is 13.1 Å². The molecule has 0 amide bonds. The summed E-state index contributed by atoms with van der Waals surface area (Å²) in [4.78, 5) is 16.4. The molecule has 0 aliphatic carbocycles. The fourth-order valence-electron chi connectivity index (χ4n) is 2.69. The van der Waals surface area contributed by atoms with Gasteiger partial charge in [-0.05, 0) is 13.5 Å². The van der Waals surface area contributed by atoms with E-state index in [-0.39, 0.29) is 11.2 Å². The van der Waals surface area contributed by atoms with Crippen LogP contribution in [0.2, 0.25) is 0 Å². The summed E-state index contributed by atoms with van der Waals surface area (Å²) in [5, 5.41) is 19.1. The molecule has 2 N–H and O–H groups in total. The fourth-order valence-corrected chi connectivity index (χ4v) is 2.69. The van der Waals surface area contributed by atoms with Gasteiger partial charge in [-0.2, -0.15) is 0 Å². The van der Waals surface area contributed by atoms with Crippen molar-refractivity contribution in [1.82, 2.24) is 14.4 Å². The van der Waals surface area contributed by atoms with Gasteiger partial charge in [0.15, 0.2) is 5.75 Å². The van der Waals surface area contributed by atoms with Crippen molar-refractivity contribution >= 4 is 0 Å². The van der Waals surface area contributed by atoms with Crippen LogP contribution in [0.1, 0.15) is 19.5 Å². The van der Waals surface area contributed by atoms with Crippen LogP contribution >= 0.6 is 0 Å². The minimum Gasteiger partial charge on any atom is -0.503 e. The molecule has 6 nitrogen and oxygen atoms in total. The zero-order valence-electron chi connectivity index (χ0n) is 12.8. The Morgan fingerprint density at radius 1 is 1.24 bits per heavy atom. The van der Waals surface area contributed by atoms with Gasteiger partial charge in [0.05, 0.1) is 12.3 Å². The molecule has 1 aromatic heterocycles. The molecule has 118 valence electrons. The largest absolute Gasteiger partial charge is 0.503 e. The van der Waals surface area contributed by atoms with Crippen LogP contribution in [0.4, 0.5) is 0 Å². The lowest BCUT2D eigenvalue weighted by molar-refractivity contribution is 0.126. The minimum absolute atomic E-state index is 0.268. The van der Waals surface area contributed by atoms with Crippen molar-refractivity contribution in [2.24, 2.45) is 0 Å². The number of hydrogen-bond donors (Lipinski definition) is 2. The number of rotatable bonds is 5. The highest BCUT2D eigenvalue weighted by molar-refractivity contribution is 5.20. The van der Waals surface area contributed by atoms with E-state index in [4.69, 9.17) is 0 Å². The minimum atomic E-state index is -0.525. The first-order valence-corrected chi connectivity index (χ1v) is 7.54. The molecule has 2 heterocycles. The van der Waals surface area contributed by atoms with Gasteiger partial charge < -0.3 is 19.7 Å². The number of aromatic nitrogens is 1. The molecule has 2 rings (SSSR count). The van der Waals surface area contributed by atoms with Crippen LogP contribution in [-0.2, 0) is 13.1 Å². The van der Waals surface area contributed by atoms with E-state index < -0.39 is 6.10 Å². The number of pyridine rings is 1. The van der Waals surface area contributed by atoms with Crippen molar-refractivity contribution in [3.05, 3.63) is 28.2 Å². The Bertz CT molecular complexity index is 519. The van der Waals surface area contributed by atoms with Gasteiger partial charge in [0.25, 0.3) is 0 Å². The highest BCUT2D eigenvalue weighted by atomic mass is 16.3. The molecule has 6 heteroatoms. The Hall–Kier alpha value is -1.37. The predicted octanol–water partition coefficient (Wildman–Crippen LogP) is 0.0722. The van der Waals surface area contributed by atoms with Gasteiger partial charge in [-0.3, -0.25) is 9.69 Å². The Morgan fingerprint density at radius 3 is 2.43 bits per heavy atom. The van der Waals surface area contributed by atoms with Gasteiger partial charge >= 0.3 is 0 Å². The van der Waals surface area contributed by atoms with Crippen molar-refractivity contribution in [2.75, 3.05) is 32.7 Å². The lowest BCUT2D eigenvalue weighted by Crippen LogP contribution is -2.46. The van der Waals surface area contributed by atoms with Crippen LogP contribution in [0.25, 0.3) is 0 Å². The number of likely N-dealkylation sites (N-methyl/N-ethyl adjacent to an activating group) is 1. The summed E-state index contributed by atoms with van der Waals surface area (Å²) in [7, 11) is 0. The van der Waals surface area contributed by atoms with E-state index in [1.165, 1.54) is 12.3 Å². The molecule has 1 aliphatic heterocycles. The first kappa shape index (κ1) is 16.0. The first-order valence-electron chi connectivity index (χ1n) is 7.54. The van der Waals surface area contributed by atoms with Gasteiger partial charge in [-0.1, -0.05) is 6.92 Å². The Kier molecular flexibility index (Phi) is 5.39. The smallest absolute Gasteiger partial charge is 0.223 e. The van der Waals surface area contributed by atoms with Crippen LogP contribution < -0.4 is 5.43 Å². The molecule has 0 radical (unpaired) electrons. The third-order valence-electron chi connectivity index (χ3n) is 3.96. The lowest BCUT2D eigenvalue weighted by atomic mass is 10.2. The molecule has 1 atom stereocenters. The topological polar surface area (TPSA) is 68.9 Å². The molecule has 1 aliphatic rings. The van der Waals surface area contributed by atoms with Crippen molar-refractivity contribution in [3.63, 3.8) is 0 Å². The summed E-state index contributed by atoms with van der Waals surface area (Å²) in [6.07, 6.45) is 0.898. The molecule has 0 spiro atoms. The maximum absolute atomic E-state index is 11.7. The summed E-state index contributed by atoms with van der Waals surface area (Å²) in [5.74, 6) is -0.268. The van der Waals surface area contributed by atoms with Gasteiger partial charge in [0, 0.05) is 51.0 Å². The summed E-state index contributed by atoms with van der Waals surface area (Å²) in [5.41, 5.74) is 0.475. The van der Waals surface area contributed by atoms with Gasteiger partial charge in [0.1, 0.15) is 0 Å². The number of nitrogens with zero attached hydrogens (tertiary/aromatic N) is 3. The molecule has 1 aromatic rings. The molecule has 1 unspecified atom stereocenters. The summed E-state index contributed by atoms with van der Waals surface area (Å²) >= 11 is 0. The van der Waals surface area contributed by atoms with Crippen molar-refractivity contribution in [2.45, 2.75) is 33.0 Å². The second kappa shape index (κ2) is 7.06. The Labute approximate surface area is 125 Å². The van der Waals surface area contributed by atoms with E-state index in [2.05, 4.69) is 16.7 Å². The Morgan fingerprint density at radius 2 is 1.86 bits per heavy atom. The lowest BCUT2D eigenvalue weighted by Gasteiger charge is -2.34. The number of piperazine rings is 1. The molecule has 1 fully saturated rings. The second-order valence-corrected chi connectivity index (χ2v) is 5.73. The zero-order valence-corrected chi connectivity index (χ0v) is 12.8. The van der Waals surface area contributed by atoms with Gasteiger partial charge in [-0.15, -0.1) is 0 Å². The molecule has 0 saturated carbocycles. The third-order valence-corrected chi connectivity index (χ3v) is 3.96. The average molecular weight is 295 g/mol. The van der Waals surface area contributed by atoms with E-state index in [1.807, 2.05) is 0 Å². The van der Waals surface area contributed by atoms with Gasteiger partial charge in [0.2, 0.25) is 5.43 Å². The van der Waals surface area contributed by atoms with Crippen LogP contribution in [0.15, 0.2) is 17.1 Å². The first-order chi connectivity index (χ1) is 9.99. The molecular formula is C15H25N3O3. The molecule has 0 bridgehead atoms. The SMILES string of the molecule is CCN1CCN(Cc2cc(=O)c(O)cn2CC(C)O)CC1. The molecule has 1 saturated heterocycles. The standard InChI is InChI=1S/C15H25N3O3/c1-3-16-4-6-17(7-5-16)10-13-8-14(20)15(21)11-18(13)9-12(2)19/h8,11-12,19,21H,3-7,9-10H2,1-2H3. The summed E-state index contributed by atoms with van der Waals surface area (Å²) in [6, 6.07) is 1.48. The van der Waals surface area contributed by atoms with Crippen molar-refractivity contribution < 1.29 is 10.2 Å². The van der Waals surface area contributed by atoms with Crippen LogP contribution in [0.5, 0.6) is 5.75 Å². The maximum Gasteiger partial charge on any atom is 0.223 e. The fraction of sp³-hybridized carbons (Fsp3) is 0.667. The van der Waals surface area contributed by atoms with Gasteiger partial charge in [-0.25, -0.2) is 0 Å². The van der Waals surface area contributed by atoms with E-state index in [1.54, 1.807) is 11.5 Å². The average Bonchev–Trinajstić information content (AvgIpc) is 2.44. The maximum atomic E-state index is 11.7.